The highest BCUT2D eigenvalue weighted by Gasteiger charge is 2.20. The monoisotopic (exact) mass is 277 g/mol. The van der Waals surface area contributed by atoms with Crippen LogP contribution in [-0.2, 0) is 11.3 Å². The molecule has 0 atom stereocenters. The van der Waals surface area contributed by atoms with E-state index in [2.05, 4.69) is 4.90 Å². The first kappa shape index (κ1) is 12.6. The summed E-state index contributed by atoms with van der Waals surface area (Å²) in [6.45, 7) is 3.87. The van der Waals surface area contributed by atoms with Gasteiger partial charge in [0.2, 0.25) is 0 Å². The molecule has 1 aromatic carbocycles. The summed E-state index contributed by atoms with van der Waals surface area (Å²) in [6, 6.07) is 7.90. The van der Waals surface area contributed by atoms with Gasteiger partial charge in [0.05, 0.1) is 13.2 Å². The van der Waals surface area contributed by atoms with Crippen LogP contribution in [0.4, 0.5) is 0 Å². The van der Waals surface area contributed by atoms with Crippen LogP contribution in [0.1, 0.15) is 15.2 Å². The Kier molecular flexibility index (Phi) is 3.50. The number of fused-ring (bicyclic) bond motifs is 1. The van der Waals surface area contributed by atoms with Gasteiger partial charge in [-0.1, -0.05) is 18.2 Å². The Morgan fingerprint density at radius 2 is 2.05 bits per heavy atom. The van der Waals surface area contributed by atoms with Gasteiger partial charge >= 0.3 is 5.97 Å². The molecule has 1 fully saturated rings. The molecule has 0 bridgehead atoms. The zero-order valence-electron chi connectivity index (χ0n) is 10.5. The molecule has 0 spiro atoms. The maximum Gasteiger partial charge on any atom is 0.346 e. The summed E-state index contributed by atoms with van der Waals surface area (Å²) in [5, 5.41) is 10.4. The molecule has 2 aromatic rings. The number of benzene rings is 1. The van der Waals surface area contributed by atoms with Crippen LogP contribution in [0.2, 0.25) is 0 Å². The standard InChI is InChI=1S/C14H15NO3S/c16-14(17)13-11(9-15-5-7-18-8-6-15)10-3-1-2-4-12(10)19-13/h1-4H,5-9H2,(H,16,17). The molecule has 0 radical (unpaired) electrons. The largest absolute Gasteiger partial charge is 0.477 e. The number of morpholine rings is 1. The van der Waals surface area contributed by atoms with Gasteiger partial charge in [-0.05, 0) is 17.0 Å². The van der Waals surface area contributed by atoms with E-state index in [4.69, 9.17) is 4.74 Å². The summed E-state index contributed by atoms with van der Waals surface area (Å²) >= 11 is 1.36. The number of nitrogens with zero attached hydrogens (tertiary/aromatic N) is 1. The second kappa shape index (κ2) is 5.28. The third-order valence-corrected chi connectivity index (χ3v) is 4.58. The highest BCUT2D eigenvalue weighted by molar-refractivity contribution is 7.21. The number of carboxylic acid groups (broad SMARTS) is 1. The lowest BCUT2D eigenvalue weighted by molar-refractivity contribution is 0.0342. The van der Waals surface area contributed by atoms with E-state index in [0.717, 1.165) is 42.0 Å². The molecule has 0 aliphatic carbocycles. The van der Waals surface area contributed by atoms with Crippen LogP contribution in [0.3, 0.4) is 0 Å². The Labute approximate surface area is 115 Å². The van der Waals surface area contributed by atoms with Crippen LogP contribution < -0.4 is 0 Å². The van der Waals surface area contributed by atoms with Gasteiger partial charge in [0.25, 0.3) is 0 Å². The molecule has 1 saturated heterocycles. The van der Waals surface area contributed by atoms with Gasteiger partial charge in [-0.15, -0.1) is 11.3 Å². The normalized spacial score (nSPS) is 16.8. The topological polar surface area (TPSA) is 49.8 Å². The van der Waals surface area contributed by atoms with E-state index >= 15 is 0 Å². The molecule has 5 heteroatoms. The smallest absolute Gasteiger partial charge is 0.346 e. The third-order valence-electron chi connectivity index (χ3n) is 3.38. The van der Waals surface area contributed by atoms with Crippen molar-refractivity contribution in [3.63, 3.8) is 0 Å². The lowest BCUT2D eigenvalue weighted by atomic mass is 10.1. The van der Waals surface area contributed by atoms with Crippen LogP contribution in [-0.4, -0.2) is 42.3 Å². The summed E-state index contributed by atoms with van der Waals surface area (Å²) in [7, 11) is 0. The predicted octanol–water partition coefficient (Wildman–Crippen LogP) is 2.43. The number of hydrogen-bond donors (Lipinski definition) is 1. The van der Waals surface area contributed by atoms with Gasteiger partial charge < -0.3 is 9.84 Å². The molecule has 0 unspecified atom stereocenters. The SMILES string of the molecule is O=C(O)c1sc2ccccc2c1CN1CCOCC1. The molecule has 1 aliphatic rings. The summed E-state index contributed by atoms with van der Waals surface area (Å²) in [5.41, 5.74) is 0.940. The van der Waals surface area contributed by atoms with E-state index in [1.54, 1.807) is 0 Å². The fourth-order valence-corrected chi connectivity index (χ4v) is 3.46. The van der Waals surface area contributed by atoms with E-state index in [0.29, 0.717) is 11.4 Å². The summed E-state index contributed by atoms with van der Waals surface area (Å²) < 4.78 is 6.37. The highest BCUT2D eigenvalue weighted by Crippen LogP contribution is 2.32. The average Bonchev–Trinajstić information content (AvgIpc) is 2.79. The quantitative estimate of drug-likeness (QED) is 0.936. The lowest BCUT2D eigenvalue weighted by Crippen LogP contribution is -2.35. The first-order chi connectivity index (χ1) is 9.25. The van der Waals surface area contributed by atoms with Gasteiger partial charge in [-0.2, -0.15) is 0 Å². The van der Waals surface area contributed by atoms with Gasteiger partial charge in [-0.3, -0.25) is 4.90 Å². The summed E-state index contributed by atoms with van der Waals surface area (Å²) in [4.78, 5) is 14.1. The molecule has 0 amide bonds. The van der Waals surface area contributed by atoms with Crippen molar-refractivity contribution in [1.82, 2.24) is 4.90 Å². The molecule has 1 aromatic heterocycles. The predicted molar refractivity (Wildman–Crippen MR) is 74.9 cm³/mol. The fourth-order valence-electron chi connectivity index (χ4n) is 2.41. The van der Waals surface area contributed by atoms with Crippen molar-refractivity contribution < 1.29 is 14.6 Å². The Balaban J connectivity index is 1.99. The first-order valence-electron chi connectivity index (χ1n) is 6.29. The molecular formula is C14H15NO3S. The van der Waals surface area contributed by atoms with Gasteiger partial charge in [0, 0.05) is 24.3 Å². The zero-order valence-corrected chi connectivity index (χ0v) is 11.3. The van der Waals surface area contributed by atoms with Crippen molar-refractivity contribution in [3.8, 4) is 0 Å². The average molecular weight is 277 g/mol. The van der Waals surface area contributed by atoms with E-state index in [1.165, 1.54) is 11.3 Å². The number of rotatable bonds is 3. The van der Waals surface area contributed by atoms with Crippen LogP contribution in [0.25, 0.3) is 10.1 Å². The lowest BCUT2D eigenvalue weighted by Gasteiger charge is -2.26. The Morgan fingerprint density at radius 3 is 2.79 bits per heavy atom. The number of hydrogen-bond acceptors (Lipinski definition) is 4. The number of ether oxygens (including phenoxy) is 1. The Hall–Kier alpha value is -1.43. The second-order valence-electron chi connectivity index (χ2n) is 4.60. The number of carbonyl (C=O) groups is 1. The van der Waals surface area contributed by atoms with Crippen molar-refractivity contribution in [2.75, 3.05) is 26.3 Å². The van der Waals surface area contributed by atoms with Gasteiger partial charge in [0.1, 0.15) is 4.88 Å². The fraction of sp³-hybridized carbons (Fsp3) is 0.357. The van der Waals surface area contributed by atoms with Crippen LogP contribution >= 0.6 is 11.3 Å². The van der Waals surface area contributed by atoms with Crippen LogP contribution in [0.5, 0.6) is 0 Å². The number of thiophene rings is 1. The molecule has 0 saturated carbocycles. The molecule has 4 nitrogen and oxygen atoms in total. The highest BCUT2D eigenvalue weighted by atomic mass is 32.1. The number of carboxylic acids is 1. The maximum absolute atomic E-state index is 11.4. The molecule has 3 rings (SSSR count). The van der Waals surface area contributed by atoms with E-state index in [1.807, 2.05) is 24.3 Å². The van der Waals surface area contributed by atoms with Crippen molar-refractivity contribution in [1.29, 1.82) is 0 Å². The van der Waals surface area contributed by atoms with E-state index in [-0.39, 0.29) is 0 Å². The van der Waals surface area contributed by atoms with Crippen molar-refractivity contribution in [2.24, 2.45) is 0 Å². The molecule has 1 N–H and O–H groups in total. The molecule has 1 aliphatic heterocycles. The second-order valence-corrected chi connectivity index (χ2v) is 5.65. The third kappa shape index (κ3) is 2.49. The van der Waals surface area contributed by atoms with Crippen molar-refractivity contribution in [3.05, 3.63) is 34.7 Å². The van der Waals surface area contributed by atoms with Gasteiger partial charge in [0.15, 0.2) is 0 Å². The van der Waals surface area contributed by atoms with Crippen LogP contribution in [0, 0.1) is 0 Å². The van der Waals surface area contributed by atoms with Crippen molar-refractivity contribution >= 4 is 27.4 Å². The minimum Gasteiger partial charge on any atom is -0.477 e. The summed E-state index contributed by atoms with van der Waals surface area (Å²) in [5.74, 6) is -0.829. The van der Waals surface area contributed by atoms with Crippen LogP contribution in [0.15, 0.2) is 24.3 Å². The van der Waals surface area contributed by atoms with Crippen molar-refractivity contribution in [2.45, 2.75) is 6.54 Å². The number of aromatic carboxylic acids is 1. The van der Waals surface area contributed by atoms with E-state index in [9.17, 15) is 9.90 Å². The zero-order chi connectivity index (χ0) is 13.2. The van der Waals surface area contributed by atoms with Gasteiger partial charge in [-0.25, -0.2) is 4.79 Å². The minimum atomic E-state index is -0.829. The maximum atomic E-state index is 11.4. The minimum absolute atomic E-state index is 0.465. The Morgan fingerprint density at radius 1 is 1.32 bits per heavy atom. The summed E-state index contributed by atoms with van der Waals surface area (Å²) in [6.07, 6.45) is 0. The molecular weight excluding hydrogens is 262 g/mol. The molecule has 100 valence electrons. The molecule has 2 heterocycles. The molecule has 19 heavy (non-hydrogen) atoms. The first-order valence-corrected chi connectivity index (χ1v) is 7.11. The Bertz CT molecular complexity index is 602. The van der Waals surface area contributed by atoms with E-state index < -0.39 is 5.97 Å².